The average molecular weight is 372 g/mol. The van der Waals surface area contributed by atoms with Gasteiger partial charge in [-0.15, -0.1) is 0 Å². The molecule has 1 aromatic heterocycles. The van der Waals surface area contributed by atoms with Crippen LogP contribution in [-0.4, -0.2) is 31.9 Å². The van der Waals surface area contributed by atoms with Crippen LogP contribution in [0, 0.1) is 6.92 Å². The van der Waals surface area contributed by atoms with Crippen LogP contribution < -0.4 is 10.3 Å². The molecule has 0 saturated heterocycles. The number of hydrogen-bond donors (Lipinski definition) is 1. The van der Waals surface area contributed by atoms with E-state index in [-0.39, 0.29) is 17.0 Å². The maximum atomic E-state index is 12.7. The van der Waals surface area contributed by atoms with Crippen LogP contribution in [0.2, 0.25) is 0 Å². The highest BCUT2D eigenvalue weighted by Gasteiger charge is 2.21. The number of H-pyrrole nitrogens is 1. The van der Waals surface area contributed by atoms with Crippen LogP contribution >= 0.6 is 0 Å². The van der Waals surface area contributed by atoms with Crippen LogP contribution in [0.5, 0.6) is 5.75 Å². The number of sulfonamides is 1. The number of nitrogens with one attached hydrogen (secondary N) is 1. The van der Waals surface area contributed by atoms with Crippen molar-refractivity contribution in [1.82, 2.24) is 9.29 Å². The smallest absolute Gasteiger partial charge is 0.252 e. The third-order valence-corrected chi connectivity index (χ3v) is 6.07. The second kappa shape index (κ2) is 6.93. The molecular weight excluding hydrogens is 352 g/mol. The highest BCUT2D eigenvalue weighted by molar-refractivity contribution is 7.89. The summed E-state index contributed by atoms with van der Waals surface area (Å²) in [6, 6.07) is 13.6. The molecule has 0 spiro atoms. The number of hydrogen-bond acceptors (Lipinski definition) is 4. The molecule has 2 aromatic carbocycles. The molecule has 0 amide bonds. The summed E-state index contributed by atoms with van der Waals surface area (Å²) >= 11 is 0. The lowest BCUT2D eigenvalue weighted by Crippen LogP contribution is -2.29. The zero-order valence-corrected chi connectivity index (χ0v) is 15.6. The van der Waals surface area contributed by atoms with Gasteiger partial charge in [0.2, 0.25) is 10.0 Å². The van der Waals surface area contributed by atoms with Crippen molar-refractivity contribution in [3.8, 4) is 5.75 Å². The van der Waals surface area contributed by atoms with Crippen LogP contribution in [0.3, 0.4) is 0 Å². The number of aromatic nitrogens is 1. The normalized spacial score (nSPS) is 11.8. The Bertz CT molecular complexity index is 1100. The molecule has 6 nitrogen and oxygen atoms in total. The first-order chi connectivity index (χ1) is 12.3. The van der Waals surface area contributed by atoms with Gasteiger partial charge in [-0.2, -0.15) is 4.31 Å². The van der Waals surface area contributed by atoms with Gasteiger partial charge in [-0.25, -0.2) is 8.42 Å². The summed E-state index contributed by atoms with van der Waals surface area (Å²) in [6.07, 6.45) is 0. The molecule has 0 aliphatic heterocycles. The Morgan fingerprint density at radius 2 is 1.77 bits per heavy atom. The van der Waals surface area contributed by atoms with Crippen molar-refractivity contribution in [1.29, 1.82) is 0 Å². The number of methoxy groups -OCH3 is 1. The standard InChI is InChI=1S/C19H20N2O4S/c1-13-4-7-17(8-5-13)26(23,24)21(2)12-15-10-14-11-16(25-3)6-9-18(14)20-19(15)22/h4-11H,12H2,1-3H3,(H,20,22). The molecule has 7 heteroatoms. The quantitative estimate of drug-likeness (QED) is 0.747. The molecule has 0 aliphatic rings. The zero-order valence-electron chi connectivity index (χ0n) is 14.8. The second-order valence-electron chi connectivity index (χ2n) is 6.15. The summed E-state index contributed by atoms with van der Waals surface area (Å²) in [7, 11) is -0.653. The molecule has 3 aromatic rings. The summed E-state index contributed by atoms with van der Waals surface area (Å²) in [5, 5.41) is 0.778. The van der Waals surface area contributed by atoms with E-state index in [2.05, 4.69) is 4.98 Å². The summed E-state index contributed by atoms with van der Waals surface area (Å²) < 4.78 is 31.8. The lowest BCUT2D eigenvalue weighted by Gasteiger charge is -2.17. The Balaban J connectivity index is 1.95. The van der Waals surface area contributed by atoms with Crippen molar-refractivity contribution in [2.45, 2.75) is 18.4 Å². The largest absolute Gasteiger partial charge is 0.497 e. The van der Waals surface area contributed by atoms with Crippen LogP contribution in [0.25, 0.3) is 10.9 Å². The van der Waals surface area contributed by atoms with Crippen molar-refractivity contribution < 1.29 is 13.2 Å². The Hall–Kier alpha value is -2.64. The number of aromatic amines is 1. The molecule has 1 heterocycles. The highest BCUT2D eigenvalue weighted by atomic mass is 32.2. The number of aryl methyl sites for hydroxylation is 1. The lowest BCUT2D eigenvalue weighted by atomic mass is 10.1. The summed E-state index contributed by atoms with van der Waals surface area (Å²) in [6.45, 7) is 1.86. The highest BCUT2D eigenvalue weighted by Crippen LogP contribution is 2.21. The fourth-order valence-corrected chi connectivity index (χ4v) is 3.84. The lowest BCUT2D eigenvalue weighted by molar-refractivity contribution is 0.415. The van der Waals surface area contributed by atoms with E-state index in [0.717, 1.165) is 10.9 Å². The van der Waals surface area contributed by atoms with Crippen molar-refractivity contribution in [3.05, 3.63) is 70.0 Å². The van der Waals surface area contributed by atoms with Gasteiger partial charge in [-0.1, -0.05) is 17.7 Å². The van der Waals surface area contributed by atoms with Gasteiger partial charge in [0.15, 0.2) is 0 Å². The van der Waals surface area contributed by atoms with Crippen LogP contribution in [-0.2, 0) is 16.6 Å². The number of pyridine rings is 1. The summed E-state index contributed by atoms with van der Waals surface area (Å²) in [4.78, 5) is 15.3. The van der Waals surface area contributed by atoms with E-state index < -0.39 is 10.0 Å². The topological polar surface area (TPSA) is 79.5 Å². The van der Waals surface area contributed by atoms with Gasteiger partial charge in [0.25, 0.3) is 5.56 Å². The van der Waals surface area contributed by atoms with Crippen molar-refractivity contribution in [3.63, 3.8) is 0 Å². The maximum absolute atomic E-state index is 12.7. The molecule has 0 fully saturated rings. The average Bonchev–Trinajstić information content (AvgIpc) is 2.62. The first-order valence-corrected chi connectivity index (χ1v) is 9.48. The molecule has 0 atom stereocenters. The first kappa shape index (κ1) is 18.2. The molecular formula is C19H20N2O4S. The molecule has 0 aliphatic carbocycles. The molecule has 136 valence electrons. The van der Waals surface area contributed by atoms with Gasteiger partial charge in [0.1, 0.15) is 5.75 Å². The van der Waals surface area contributed by atoms with E-state index >= 15 is 0 Å². The maximum Gasteiger partial charge on any atom is 0.252 e. The second-order valence-corrected chi connectivity index (χ2v) is 8.20. The third kappa shape index (κ3) is 3.49. The third-order valence-electron chi connectivity index (χ3n) is 4.25. The molecule has 0 radical (unpaired) electrons. The summed E-state index contributed by atoms with van der Waals surface area (Å²) in [5.74, 6) is 0.663. The SMILES string of the molecule is COc1ccc2[nH]c(=O)c(CN(C)S(=O)(=O)c3ccc(C)cc3)cc2c1. The van der Waals surface area contributed by atoms with Gasteiger partial charge in [-0.05, 0) is 43.3 Å². The number of ether oxygens (including phenoxy) is 1. The van der Waals surface area contributed by atoms with E-state index in [1.165, 1.54) is 11.4 Å². The minimum Gasteiger partial charge on any atom is -0.497 e. The summed E-state index contributed by atoms with van der Waals surface area (Å²) in [5.41, 5.74) is 1.70. The Morgan fingerprint density at radius 1 is 1.08 bits per heavy atom. The minimum absolute atomic E-state index is 0.0291. The van der Waals surface area contributed by atoms with E-state index in [0.29, 0.717) is 16.8 Å². The molecule has 0 bridgehead atoms. The minimum atomic E-state index is -3.68. The fraction of sp³-hybridized carbons (Fsp3) is 0.211. The van der Waals surface area contributed by atoms with Gasteiger partial charge in [0.05, 0.1) is 12.0 Å². The van der Waals surface area contributed by atoms with E-state index in [1.807, 2.05) is 6.92 Å². The van der Waals surface area contributed by atoms with E-state index in [1.54, 1.807) is 55.6 Å². The predicted octanol–water partition coefficient (Wildman–Crippen LogP) is 2.67. The van der Waals surface area contributed by atoms with Gasteiger partial charge in [-0.3, -0.25) is 4.79 Å². The van der Waals surface area contributed by atoms with E-state index in [9.17, 15) is 13.2 Å². The molecule has 1 N–H and O–H groups in total. The molecule has 3 rings (SSSR count). The van der Waals surface area contributed by atoms with Crippen molar-refractivity contribution >= 4 is 20.9 Å². The predicted molar refractivity (Wildman–Crippen MR) is 101 cm³/mol. The van der Waals surface area contributed by atoms with Crippen LogP contribution in [0.1, 0.15) is 11.1 Å². The molecule has 0 unspecified atom stereocenters. The number of nitrogens with zero attached hydrogens (tertiary/aromatic N) is 1. The first-order valence-electron chi connectivity index (χ1n) is 8.04. The van der Waals surface area contributed by atoms with Gasteiger partial charge in [0, 0.05) is 30.1 Å². The number of fused-ring (bicyclic) bond motifs is 1. The van der Waals surface area contributed by atoms with Crippen LogP contribution in [0.15, 0.2) is 58.2 Å². The van der Waals surface area contributed by atoms with Gasteiger partial charge < -0.3 is 9.72 Å². The molecule has 0 saturated carbocycles. The number of benzene rings is 2. The van der Waals surface area contributed by atoms with Gasteiger partial charge >= 0.3 is 0 Å². The van der Waals surface area contributed by atoms with Crippen molar-refractivity contribution in [2.24, 2.45) is 0 Å². The Kier molecular flexibility index (Phi) is 4.84. The Labute approximate surface area is 152 Å². The Morgan fingerprint density at radius 3 is 2.42 bits per heavy atom. The van der Waals surface area contributed by atoms with Crippen LogP contribution in [0.4, 0.5) is 0 Å². The van der Waals surface area contributed by atoms with E-state index in [4.69, 9.17) is 4.74 Å². The van der Waals surface area contributed by atoms with Crippen molar-refractivity contribution in [2.75, 3.05) is 14.2 Å². The zero-order chi connectivity index (χ0) is 18.9. The number of rotatable bonds is 5. The monoisotopic (exact) mass is 372 g/mol. The fourth-order valence-electron chi connectivity index (χ4n) is 2.69. The molecule has 26 heavy (non-hydrogen) atoms.